The standard InChI is InChI=1S/C18H19ClN2O2/c1-13(14-8-4-2-5-9-14)21-16(22)12-20-18(23)17(19)15-10-6-3-7-11-15/h2-11,13,17H,12H2,1H3,(H,20,23)(H,21,22). The number of nitrogens with one attached hydrogen (secondary N) is 2. The van der Waals surface area contributed by atoms with Gasteiger partial charge in [0, 0.05) is 0 Å². The van der Waals surface area contributed by atoms with Crippen LogP contribution in [0.1, 0.15) is 29.5 Å². The minimum atomic E-state index is -0.810. The zero-order chi connectivity index (χ0) is 16.7. The Bertz CT molecular complexity index is 647. The van der Waals surface area contributed by atoms with Crippen LogP contribution < -0.4 is 10.6 Å². The fourth-order valence-electron chi connectivity index (χ4n) is 2.15. The lowest BCUT2D eigenvalue weighted by Crippen LogP contribution is -2.39. The second kappa shape index (κ2) is 8.34. The molecule has 0 aromatic heterocycles. The number of benzene rings is 2. The van der Waals surface area contributed by atoms with Crippen molar-refractivity contribution >= 4 is 23.4 Å². The molecule has 0 radical (unpaired) electrons. The van der Waals surface area contributed by atoms with E-state index in [1.54, 1.807) is 12.1 Å². The molecular weight excluding hydrogens is 312 g/mol. The van der Waals surface area contributed by atoms with E-state index >= 15 is 0 Å². The fraction of sp³-hybridized carbons (Fsp3) is 0.222. The summed E-state index contributed by atoms with van der Waals surface area (Å²) < 4.78 is 0. The zero-order valence-corrected chi connectivity index (χ0v) is 13.6. The van der Waals surface area contributed by atoms with Crippen LogP contribution in [0.25, 0.3) is 0 Å². The average Bonchev–Trinajstić information content (AvgIpc) is 2.60. The summed E-state index contributed by atoms with van der Waals surface area (Å²) in [4.78, 5) is 23.9. The van der Waals surface area contributed by atoms with Gasteiger partial charge in [0.1, 0.15) is 5.38 Å². The van der Waals surface area contributed by atoms with E-state index in [2.05, 4.69) is 10.6 Å². The summed E-state index contributed by atoms with van der Waals surface area (Å²) in [6.45, 7) is 1.79. The first-order valence-electron chi connectivity index (χ1n) is 7.39. The maximum atomic E-state index is 12.0. The van der Waals surface area contributed by atoms with Crippen LogP contribution in [0.5, 0.6) is 0 Å². The SMILES string of the molecule is CC(NC(=O)CNC(=O)C(Cl)c1ccccc1)c1ccccc1. The van der Waals surface area contributed by atoms with Gasteiger partial charge in [0.05, 0.1) is 12.6 Å². The van der Waals surface area contributed by atoms with E-state index in [1.807, 2.05) is 55.5 Å². The van der Waals surface area contributed by atoms with Crippen molar-refractivity contribution in [3.63, 3.8) is 0 Å². The second-order valence-electron chi connectivity index (χ2n) is 5.19. The molecule has 0 saturated carbocycles. The van der Waals surface area contributed by atoms with E-state index in [9.17, 15) is 9.59 Å². The Balaban J connectivity index is 1.81. The first-order valence-corrected chi connectivity index (χ1v) is 7.82. The number of hydrogen-bond donors (Lipinski definition) is 2. The molecule has 0 bridgehead atoms. The summed E-state index contributed by atoms with van der Waals surface area (Å²) in [7, 11) is 0. The Morgan fingerprint density at radius 1 is 0.957 bits per heavy atom. The molecule has 2 unspecified atom stereocenters. The van der Waals surface area contributed by atoms with Gasteiger partial charge in [0.15, 0.2) is 0 Å². The highest BCUT2D eigenvalue weighted by atomic mass is 35.5. The van der Waals surface area contributed by atoms with Crippen LogP contribution in [0, 0.1) is 0 Å². The molecule has 0 aliphatic carbocycles. The average molecular weight is 331 g/mol. The largest absolute Gasteiger partial charge is 0.348 e. The molecule has 2 aromatic carbocycles. The first kappa shape index (κ1) is 17.0. The van der Waals surface area contributed by atoms with Crippen LogP contribution in [0.3, 0.4) is 0 Å². The number of halogens is 1. The van der Waals surface area contributed by atoms with Crippen LogP contribution in [0.2, 0.25) is 0 Å². The third-order valence-electron chi connectivity index (χ3n) is 3.42. The monoisotopic (exact) mass is 330 g/mol. The maximum Gasteiger partial charge on any atom is 0.243 e. The second-order valence-corrected chi connectivity index (χ2v) is 5.63. The van der Waals surface area contributed by atoms with Crippen molar-refractivity contribution in [3.8, 4) is 0 Å². The van der Waals surface area contributed by atoms with Crippen molar-refractivity contribution < 1.29 is 9.59 Å². The molecule has 0 saturated heterocycles. The van der Waals surface area contributed by atoms with E-state index < -0.39 is 5.38 Å². The maximum absolute atomic E-state index is 12.0. The Morgan fingerprint density at radius 2 is 1.48 bits per heavy atom. The molecule has 0 heterocycles. The van der Waals surface area contributed by atoms with E-state index in [0.29, 0.717) is 5.56 Å². The molecular formula is C18H19ClN2O2. The van der Waals surface area contributed by atoms with Gasteiger partial charge in [-0.05, 0) is 18.1 Å². The predicted octanol–water partition coefficient (Wildman–Crippen LogP) is 2.96. The molecule has 0 fully saturated rings. The Labute approximate surface area is 140 Å². The molecule has 2 N–H and O–H groups in total. The Kier molecular flexibility index (Phi) is 6.18. The van der Waals surface area contributed by atoms with Gasteiger partial charge in [0.2, 0.25) is 11.8 Å². The number of alkyl halides is 1. The van der Waals surface area contributed by atoms with Gasteiger partial charge in [0.25, 0.3) is 0 Å². The highest BCUT2D eigenvalue weighted by Crippen LogP contribution is 2.19. The first-order chi connectivity index (χ1) is 11.1. The van der Waals surface area contributed by atoms with Crippen LogP contribution in [0.4, 0.5) is 0 Å². The molecule has 2 aromatic rings. The summed E-state index contributed by atoms with van der Waals surface area (Å²) in [5.74, 6) is -0.646. The van der Waals surface area contributed by atoms with Gasteiger partial charge in [-0.15, -0.1) is 11.6 Å². The normalized spacial score (nSPS) is 13.0. The minimum Gasteiger partial charge on any atom is -0.348 e. The number of amides is 2. The topological polar surface area (TPSA) is 58.2 Å². The molecule has 2 amide bonds. The van der Waals surface area contributed by atoms with Crippen molar-refractivity contribution in [2.75, 3.05) is 6.54 Å². The smallest absolute Gasteiger partial charge is 0.243 e. The Hall–Kier alpha value is -2.33. The van der Waals surface area contributed by atoms with E-state index in [0.717, 1.165) is 5.56 Å². The summed E-state index contributed by atoms with van der Waals surface area (Å²) in [5.41, 5.74) is 1.71. The van der Waals surface area contributed by atoms with Gasteiger partial charge in [-0.1, -0.05) is 60.7 Å². The van der Waals surface area contributed by atoms with E-state index in [4.69, 9.17) is 11.6 Å². The van der Waals surface area contributed by atoms with E-state index in [-0.39, 0.29) is 24.4 Å². The van der Waals surface area contributed by atoms with Crippen LogP contribution in [-0.4, -0.2) is 18.4 Å². The van der Waals surface area contributed by atoms with Gasteiger partial charge in [-0.25, -0.2) is 0 Å². The number of hydrogen-bond acceptors (Lipinski definition) is 2. The van der Waals surface area contributed by atoms with Crippen molar-refractivity contribution in [2.24, 2.45) is 0 Å². The van der Waals surface area contributed by atoms with E-state index in [1.165, 1.54) is 0 Å². The van der Waals surface area contributed by atoms with Crippen molar-refractivity contribution in [1.82, 2.24) is 10.6 Å². The molecule has 2 rings (SSSR count). The summed E-state index contributed by atoms with van der Waals surface area (Å²) in [6.07, 6.45) is 0. The molecule has 120 valence electrons. The third-order valence-corrected chi connectivity index (χ3v) is 3.87. The van der Waals surface area contributed by atoms with Crippen molar-refractivity contribution in [2.45, 2.75) is 18.3 Å². The van der Waals surface area contributed by atoms with Crippen molar-refractivity contribution in [1.29, 1.82) is 0 Å². The molecule has 0 aliphatic rings. The molecule has 2 atom stereocenters. The van der Waals surface area contributed by atoms with Crippen LogP contribution in [-0.2, 0) is 9.59 Å². The quantitative estimate of drug-likeness (QED) is 0.800. The third kappa shape index (κ3) is 5.11. The lowest BCUT2D eigenvalue weighted by Gasteiger charge is -2.15. The van der Waals surface area contributed by atoms with Crippen LogP contribution in [0.15, 0.2) is 60.7 Å². The lowest BCUT2D eigenvalue weighted by atomic mass is 10.1. The summed E-state index contributed by atoms with van der Waals surface area (Å²) >= 11 is 6.10. The fourth-order valence-corrected chi connectivity index (χ4v) is 2.37. The number of carbonyl (C=O) groups excluding carboxylic acids is 2. The summed E-state index contributed by atoms with van der Waals surface area (Å²) in [5, 5.41) is 4.58. The minimum absolute atomic E-state index is 0.105. The number of carbonyl (C=O) groups is 2. The summed E-state index contributed by atoms with van der Waals surface area (Å²) in [6, 6.07) is 18.5. The van der Waals surface area contributed by atoms with Gasteiger partial charge < -0.3 is 10.6 Å². The highest BCUT2D eigenvalue weighted by molar-refractivity contribution is 6.30. The van der Waals surface area contributed by atoms with Gasteiger partial charge >= 0.3 is 0 Å². The molecule has 0 spiro atoms. The highest BCUT2D eigenvalue weighted by Gasteiger charge is 2.18. The number of rotatable bonds is 6. The van der Waals surface area contributed by atoms with Crippen molar-refractivity contribution in [3.05, 3.63) is 71.8 Å². The molecule has 5 heteroatoms. The molecule has 4 nitrogen and oxygen atoms in total. The van der Waals surface area contributed by atoms with Crippen LogP contribution >= 0.6 is 11.6 Å². The molecule has 0 aliphatic heterocycles. The Morgan fingerprint density at radius 3 is 2.04 bits per heavy atom. The molecule has 23 heavy (non-hydrogen) atoms. The van der Waals surface area contributed by atoms with Gasteiger partial charge in [-0.3, -0.25) is 9.59 Å². The predicted molar refractivity (Wildman–Crippen MR) is 91.0 cm³/mol. The van der Waals surface area contributed by atoms with Gasteiger partial charge in [-0.2, -0.15) is 0 Å². The lowest BCUT2D eigenvalue weighted by molar-refractivity contribution is -0.126. The zero-order valence-electron chi connectivity index (χ0n) is 12.8.